The van der Waals surface area contributed by atoms with Gasteiger partial charge in [-0.25, -0.2) is 0 Å². The van der Waals surface area contributed by atoms with Crippen LogP contribution in [0, 0.1) is 0 Å². The molecule has 0 bridgehead atoms. The van der Waals surface area contributed by atoms with E-state index in [0.717, 1.165) is 5.00 Å². The quantitative estimate of drug-likeness (QED) is 0.786. The summed E-state index contributed by atoms with van der Waals surface area (Å²) in [5.74, 6) is -1.46. The van der Waals surface area contributed by atoms with Crippen molar-refractivity contribution in [2.45, 2.75) is 12.5 Å². The number of rotatable bonds is 4. The number of aliphatic carboxylic acids is 1. The second-order valence-electron chi connectivity index (χ2n) is 3.05. The van der Waals surface area contributed by atoms with E-state index in [1.807, 2.05) is 11.4 Å². The third-order valence-corrected chi connectivity index (χ3v) is 2.82. The first-order valence-electron chi connectivity index (χ1n) is 4.31. The van der Waals surface area contributed by atoms with E-state index in [2.05, 4.69) is 0 Å². The molecule has 1 heterocycles. The second-order valence-corrected chi connectivity index (χ2v) is 3.98. The van der Waals surface area contributed by atoms with Crippen molar-refractivity contribution < 1.29 is 14.7 Å². The lowest BCUT2D eigenvalue weighted by atomic mass is 10.2. The molecule has 1 unspecified atom stereocenters. The molecule has 0 aromatic carbocycles. The summed E-state index contributed by atoms with van der Waals surface area (Å²) in [7, 11) is 1.58. The Balaban J connectivity index is 2.64. The highest BCUT2D eigenvalue weighted by Crippen LogP contribution is 2.20. The van der Waals surface area contributed by atoms with Gasteiger partial charge in [0.1, 0.15) is 0 Å². The zero-order valence-electron chi connectivity index (χ0n) is 8.21. The van der Waals surface area contributed by atoms with Crippen molar-refractivity contribution in [2.75, 3.05) is 11.9 Å². The van der Waals surface area contributed by atoms with Gasteiger partial charge in [0.2, 0.25) is 5.91 Å². The largest absolute Gasteiger partial charge is 0.481 e. The first-order valence-corrected chi connectivity index (χ1v) is 5.18. The summed E-state index contributed by atoms with van der Waals surface area (Å²) >= 11 is 1.40. The Morgan fingerprint density at radius 1 is 1.67 bits per heavy atom. The fourth-order valence-corrected chi connectivity index (χ4v) is 1.80. The van der Waals surface area contributed by atoms with E-state index in [9.17, 15) is 9.59 Å². The van der Waals surface area contributed by atoms with Gasteiger partial charge in [0.25, 0.3) is 0 Å². The monoisotopic (exact) mass is 228 g/mol. The van der Waals surface area contributed by atoms with Crippen LogP contribution in [0.3, 0.4) is 0 Å². The zero-order chi connectivity index (χ0) is 11.4. The Bertz CT molecular complexity index is 350. The molecule has 15 heavy (non-hydrogen) atoms. The first-order chi connectivity index (χ1) is 7.02. The molecule has 0 spiro atoms. The summed E-state index contributed by atoms with van der Waals surface area (Å²) in [4.78, 5) is 23.4. The Labute approximate surface area is 91.1 Å². The van der Waals surface area contributed by atoms with Crippen molar-refractivity contribution in [3.05, 3.63) is 17.5 Å². The van der Waals surface area contributed by atoms with Gasteiger partial charge in [0.05, 0.1) is 17.5 Å². The fraction of sp³-hybridized carbons (Fsp3) is 0.333. The van der Waals surface area contributed by atoms with Gasteiger partial charge < -0.3 is 15.7 Å². The van der Waals surface area contributed by atoms with E-state index in [1.54, 1.807) is 13.1 Å². The van der Waals surface area contributed by atoms with Crippen LogP contribution in [0.15, 0.2) is 17.5 Å². The van der Waals surface area contributed by atoms with Crippen LogP contribution in [0.25, 0.3) is 0 Å². The zero-order valence-corrected chi connectivity index (χ0v) is 9.03. The predicted octanol–water partition coefficient (Wildman–Crippen LogP) is 0.513. The molecular formula is C9H12N2O3S. The molecule has 1 aromatic rings. The minimum atomic E-state index is -1.07. The molecule has 0 fully saturated rings. The van der Waals surface area contributed by atoms with Crippen molar-refractivity contribution in [1.82, 2.24) is 0 Å². The topological polar surface area (TPSA) is 83.6 Å². The van der Waals surface area contributed by atoms with E-state index in [0.29, 0.717) is 0 Å². The normalized spacial score (nSPS) is 12.1. The van der Waals surface area contributed by atoms with E-state index in [1.165, 1.54) is 16.2 Å². The second kappa shape index (κ2) is 4.90. The molecule has 3 N–H and O–H groups in total. The van der Waals surface area contributed by atoms with Crippen molar-refractivity contribution in [2.24, 2.45) is 5.73 Å². The molecule has 5 nitrogen and oxygen atoms in total. The van der Waals surface area contributed by atoms with Gasteiger partial charge in [-0.05, 0) is 17.5 Å². The van der Waals surface area contributed by atoms with Crippen LogP contribution in [-0.2, 0) is 9.59 Å². The van der Waals surface area contributed by atoms with Gasteiger partial charge in [-0.15, -0.1) is 11.3 Å². The standard InChI is InChI=1S/C9H12N2O3S/c1-11(7-3-2-4-15-7)9(14)6(10)5-8(12)13/h2-4,6H,5,10H2,1H3,(H,12,13). The summed E-state index contributed by atoms with van der Waals surface area (Å²) in [5, 5.41) is 11.1. The number of hydrogen-bond donors (Lipinski definition) is 2. The molecule has 1 amide bonds. The molecule has 82 valence electrons. The number of thiophene rings is 1. The molecule has 0 saturated heterocycles. The van der Waals surface area contributed by atoms with E-state index in [4.69, 9.17) is 10.8 Å². The van der Waals surface area contributed by atoms with Gasteiger partial charge in [-0.3, -0.25) is 9.59 Å². The van der Waals surface area contributed by atoms with Crippen LogP contribution >= 0.6 is 11.3 Å². The molecular weight excluding hydrogens is 216 g/mol. The molecule has 0 aliphatic rings. The number of carbonyl (C=O) groups is 2. The Morgan fingerprint density at radius 2 is 2.33 bits per heavy atom. The van der Waals surface area contributed by atoms with Crippen molar-refractivity contribution in [3.8, 4) is 0 Å². The third kappa shape index (κ3) is 3.03. The van der Waals surface area contributed by atoms with Crippen LogP contribution in [-0.4, -0.2) is 30.1 Å². The van der Waals surface area contributed by atoms with Crippen molar-refractivity contribution in [1.29, 1.82) is 0 Å². The molecule has 0 saturated carbocycles. The summed E-state index contributed by atoms with van der Waals surface area (Å²) in [6.07, 6.45) is -0.353. The number of hydrogen-bond acceptors (Lipinski definition) is 4. The van der Waals surface area contributed by atoms with Crippen LogP contribution < -0.4 is 10.6 Å². The number of carboxylic acids is 1. The number of likely N-dealkylation sites (N-methyl/N-ethyl adjacent to an activating group) is 1. The molecule has 0 radical (unpaired) electrons. The highest BCUT2D eigenvalue weighted by molar-refractivity contribution is 7.14. The van der Waals surface area contributed by atoms with Crippen molar-refractivity contribution in [3.63, 3.8) is 0 Å². The highest BCUT2D eigenvalue weighted by Gasteiger charge is 2.21. The summed E-state index contributed by atoms with van der Waals surface area (Å²) in [6, 6.07) is 2.59. The van der Waals surface area contributed by atoms with E-state index in [-0.39, 0.29) is 12.3 Å². The van der Waals surface area contributed by atoms with E-state index < -0.39 is 12.0 Å². The van der Waals surface area contributed by atoms with Gasteiger partial charge in [0.15, 0.2) is 0 Å². The molecule has 1 rings (SSSR count). The average molecular weight is 228 g/mol. The maximum absolute atomic E-state index is 11.6. The Morgan fingerprint density at radius 3 is 2.80 bits per heavy atom. The summed E-state index contributed by atoms with van der Waals surface area (Å²) in [5.41, 5.74) is 5.46. The SMILES string of the molecule is CN(C(=O)C(N)CC(=O)O)c1cccs1. The Hall–Kier alpha value is -1.40. The number of carboxylic acid groups (broad SMARTS) is 1. The molecule has 1 aromatic heterocycles. The maximum Gasteiger partial charge on any atom is 0.305 e. The summed E-state index contributed by atoms with van der Waals surface area (Å²) < 4.78 is 0. The smallest absolute Gasteiger partial charge is 0.305 e. The Kier molecular flexibility index (Phi) is 3.81. The van der Waals surface area contributed by atoms with Crippen LogP contribution in [0.1, 0.15) is 6.42 Å². The van der Waals surface area contributed by atoms with Gasteiger partial charge in [-0.2, -0.15) is 0 Å². The number of amides is 1. The lowest BCUT2D eigenvalue weighted by molar-refractivity contribution is -0.139. The van der Waals surface area contributed by atoms with Gasteiger partial charge in [-0.1, -0.05) is 0 Å². The molecule has 6 heteroatoms. The van der Waals surface area contributed by atoms with Crippen LogP contribution in [0.5, 0.6) is 0 Å². The number of nitrogens with two attached hydrogens (primary N) is 1. The van der Waals surface area contributed by atoms with Gasteiger partial charge in [0, 0.05) is 7.05 Å². The van der Waals surface area contributed by atoms with Crippen LogP contribution in [0.2, 0.25) is 0 Å². The van der Waals surface area contributed by atoms with Crippen LogP contribution in [0.4, 0.5) is 5.00 Å². The molecule has 0 aliphatic heterocycles. The predicted molar refractivity (Wildman–Crippen MR) is 58.0 cm³/mol. The lowest BCUT2D eigenvalue weighted by Crippen LogP contribution is -2.42. The average Bonchev–Trinajstić information content (AvgIpc) is 2.67. The molecule has 1 atom stereocenters. The van der Waals surface area contributed by atoms with E-state index >= 15 is 0 Å². The first kappa shape index (κ1) is 11.7. The molecule has 0 aliphatic carbocycles. The van der Waals surface area contributed by atoms with Gasteiger partial charge >= 0.3 is 5.97 Å². The number of carbonyl (C=O) groups excluding carboxylic acids is 1. The maximum atomic E-state index is 11.6. The minimum Gasteiger partial charge on any atom is -0.481 e. The number of anilines is 1. The summed E-state index contributed by atoms with van der Waals surface area (Å²) in [6.45, 7) is 0. The third-order valence-electron chi connectivity index (χ3n) is 1.88. The van der Waals surface area contributed by atoms with Crippen molar-refractivity contribution >= 4 is 28.2 Å². The lowest BCUT2D eigenvalue weighted by Gasteiger charge is -2.18. The fourth-order valence-electron chi connectivity index (χ4n) is 1.09. The highest BCUT2D eigenvalue weighted by atomic mass is 32.1. The number of nitrogens with zero attached hydrogens (tertiary/aromatic N) is 1. The minimum absolute atomic E-state index is 0.353.